The Bertz CT molecular complexity index is 977. The highest BCUT2D eigenvalue weighted by atomic mass is 16.6. The lowest BCUT2D eigenvalue weighted by Gasteiger charge is -2.10. The van der Waals surface area contributed by atoms with Gasteiger partial charge in [-0.25, -0.2) is 4.68 Å². The second kappa shape index (κ2) is 7.82. The van der Waals surface area contributed by atoms with Gasteiger partial charge >= 0.3 is 0 Å². The van der Waals surface area contributed by atoms with Crippen molar-refractivity contribution in [3.05, 3.63) is 87.1 Å². The summed E-state index contributed by atoms with van der Waals surface area (Å²) in [7, 11) is 0. The molecule has 2 aromatic carbocycles. The number of anilines is 1. The molecule has 1 amide bonds. The molecule has 0 saturated carbocycles. The fraction of sp³-hybridized carbons (Fsp3) is 0.200. The van der Waals surface area contributed by atoms with E-state index in [0.717, 1.165) is 12.0 Å². The summed E-state index contributed by atoms with van der Waals surface area (Å²) in [4.78, 5) is 23.4. The van der Waals surface area contributed by atoms with Gasteiger partial charge in [-0.2, -0.15) is 5.10 Å². The molecule has 0 atom stereocenters. The number of aryl methyl sites for hydroxylation is 2. The minimum absolute atomic E-state index is 0.0278. The molecule has 1 N–H and O–H groups in total. The van der Waals surface area contributed by atoms with Crippen LogP contribution < -0.4 is 5.32 Å². The summed E-state index contributed by atoms with van der Waals surface area (Å²) in [5.41, 5.74) is 2.58. The van der Waals surface area contributed by atoms with Gasteiger partial charge in [0.15, 0.2) is 0 Å². The van der Waals surface area contributed by atoms with Gasteiger partial charge in [-0.15, -0.1) is 0 Å². The van der Waals surface area contributed by atoms with Gasteiger partial charge in [0.25, 0.3) is 11.6 Å². The molecule has 0 fully saturated rings. The van der Waals surface area contributed by atoms with Crippen LogP contribution in [0, 0.1) is 17.0 Å². The number of amides is 1. The number of hydrogen-bond donors (Lipinski definition) is 1. The van der Waals surface area contributed by atoms with E-state index < -0.39 is 10.8 Å². The molecule has 1 aromatic heterocycles. The minimum atomic E-state index is -0.534. The van der Waals surface area contributed by atoms with Gasteiger partial charge in [-0.05, 0) is 30.5 Å². The Morgan fingerprint density at radius 1 is 1.15 bits per heavy atom. The standard InChI is InChI=1S/C20H20N4O3/c1-3-15-7-9-16(10-8-15)13-23-18(11-12-21-23)22-20(25)17-6-4-5-14(2)19(17)24(26)27/h4-12H,3,13H2,1-2H3,(H,22,25). The SMILES string of the molecule is CCc1ccc(Cn2nccc2NC(=O)c2cccc(C)c2[N+](=O)[O-])cc1. The molecular formula is C20H20N4O3. The maximum absolute atomic E-state index is 12.6. The van der Waals surface area contributed by atoms with Crippen molar-refractivity contribution in [3.63, 3.8) is 0 Å². The van der Waals surface area contributed by atoms with Crippen LogP contribution in [0.15, 0.2) is 54.7 Å². The van der Waals surface area contributed by atoms with Gasteiger partial charge < -0.3 is 5.32 Å². The topological polar surface area (TPSA) is 90.1 Å². The molecule has 7 nitrogen and oxygen atoms in total. The molecule has 1 heterocycles. The number of nitro benzene ring substituents is 1. The van der Waals surface area contributed by atoms with Gasteiger partial charge in [0.2, 0.25) is 0 Å². The van der Waals surface area contributed by atoms with E-state index in [0.29, 0.717) is 17.9 Å². The van der Waals surface area contributed by atoms with Crippen molar-refractivity contribution < 1.29 is 9.72 Å². The van der Waals surface area contributed by atoms with Crippen molar-refractivity contribution in [2.75, 3.05) is 5.32 Å². The molecule has 3 rings (SSSR count). The van der Waals surface area contributed by atoms with Gasteiger partial charge in [0.1, 0.15) is 11.4 Å². The maximum atomic E-state index is 12.6. The summed E-state index contributed by atoms with van der Waals surface area (Å²) in [6.07, 6.45) is 2.55. The largest absolute Gasteiger partial charge is 0.307 e. The Labute approximate surface area is 156 Å². The van der Waals surface area contributed by atoms with Gasteiger partial charge in [0.05, 0.1) is 17.7 Å². The summed E-state index contributed by atoms with van der Waals surface area (Å²) in [5, 5.41) is 18.3. The lowest BCUT2D eigenvalue weighted by Crippen LogP contribution is -2.17. The summed E-state index contributed by atoms with van der Waals surface area (Å²) in [6, 6.07) is 14.5. The van der Waals surface area contributed by atoms with Crippen LogP contribution in [-0.2, 0) is 13.0 Å². The number of carbonyl (C=O) groups excluding carboxylic acids is 1. The van der Waals surface area contributed by atoms with Gasteiger partial charge in [-0.3, -0.25) is 14.9 Å². The van der Waals surface area contributed by atoms with E-state index in [9.17, 15) is 14.9 Å². The molecule has 0 saturated heterocycles. The van der Waals surface area contributed by atoms with Crippen LogP contribution in [-0.4, -0.2) is 20.6 Å². The molecule has 0 aliphatic rings. The van der Waals surface area contributed by atoms with Crippen molar-refractivity contribution in [3.8, 4) is 0 Å². The maximum Gasteiger partial charge on any atom is 0.285 e. The first-order chi connectivity index (χ1) is 13.0. The highest BCUT2D eigenvalue weighted by Gasteiger charge is 2.23. The zero-order valence-electron chi connectivity index (χ0n) is 15.2. The smallest absolute Gasteiger partial charge is 0.285 e. The fourth-order valence-corrected chi connectivity index (χ4v) is 2.89. The van der Waals surface area contributed by atoms with E-state index in [4.69, 9.17) is 0 Å². The summed E-state index contributed by atoms with van der Waals surface area (Å²) < 4.78 is 1.65. The molecule has 0 radical (unpaired) electrons. The normalized spacial score (nSPS) is 10.6. The number of carbonyl (C=O) groups is 1. The molecule has 0 aliphatic carbocycles. The Hall–Kier alpha value is -3.48. The lowest BCUT2D eigenvalue weighted by atomic mass is 10.1. The number of nitrogens with zero attached hydrogens (tertiary/aromatic N) is 3. The van der Waals surface area contributed by atoms with E-state index in [1.807, 2.05) is 12.1 Å². The first kappa shape index (κ1) is 18.3. The van der Waals surface area contributed by atoms with Crippen molar-refractivity contribution in [2.45, 2.75) is 26.8 Å². The minimum Gasteiger partial charge on any atom is -0.307 e. The summed E-state index contributed by atoms with van der Waals surface area (Å²) >= 11 is 0. The van der Waals surface area contributed by atoms with E-state index in [2.05, 4.69) is 29.5 Å². The monoisotopic (exact) mass is 364 g/mol. The van der Waals surface area contributed by atoms with Crippen molar-refractivity contribution in [1.29, 1.82) is 0 Å². The summed E-state index contributed by atoms with van der Waals surface area (Å²) in [5.74, 6) is -0.0520. The number of nitrogens with one attached hydrogen (secondary N) is 1. The third-order valence-electron chi connectivity index (χ3n) is 4.39. The van der Waals surface area contributed by atoms with Crippen LogP contribution in [0.25, 0.3) is 0 Å². The second-order valence-electron chi connectivity index (χ2n) is 6.23. The predicted octanol–water partition coefficient (Wildman–Crippen LogP) is 3.96. The molecular weight excluding hydrogens is 344 g/mol. The number of para-hydroxylation sites is 1. The van der Waals surface area contributed by atoms with E-state index in [-0.39, 0.29) is 11.3 Å². The Morgan fingerprint density at radius 2 is 1.85 bits per heavy atom. The van der Waals surface area contributed by atoms with Crippen molar-refractivity contribution >= 4 is 17.4 Å². The number of nitro groups is 1. The van der Waals surface area contributed by atoms with Gasteiger partial charge in [-0.1, -0.05) is 43.3 Å². The number of hydrogen-bond acceptors (Lipinski definition) is 4. The highest BCUT2D eigenvalue weighted by molar-refractivity contribution is 6.07. The third-order valence-corrected chi connectivity index (χ3v) is 4.39. The quantitative estimate of drug-likeness (QED) is 0.529. The molecule has 27 heavy (non-hydrogen) atoms. The predicted molar refractivity (Wildman–Crippen MR) is 103 cm³/mol. The van der Waals surface area contributed by atoms with Crippen LogP contribution in [0.1, 0.15) is 34.0 Å². The zero-order valence-corrected chi connectivity index (χ0v) is 15.2. The molecule has 138 valence electrons. The van der Waals surface area contributed by atoms with E-state index >= 15 is 0 Å². The van der Waals surface area contributed by atoms with Crippen molar-refractivity contribution in [2.24, 2.45) is 0 Å². The zero-order chi connectivity index (χ0) is 19.4. The molecule has 3 aromatic rings. The highest BCUT2D eigenvalue weighted by Crippen LogP contribution is 2.24. The molecule has 0 unspecified atom stereocenters. The van der Waals surface area contributed by atoms with Crippen molar-refractivity contribution in [1.82, 2.24) is 9.78 Å². The Morgan fingerprint density at radius 3 is 2.52 bits per heavy atom. The number of benzene rings is 2. The summed E-state index contributed by atoms with van der Waals surface area (Å²) in [6.45, 7) is 4.20. The van der Waals surface area contributed by atoms with Gasteiger partial charge in [0, 0.05) is 11.6 Å². The fourth-order valence-electron chi connectivity index (χ4n) is 2.89. The molecule has 0 bridgehead atoms. The van der Waals surface area contributed by atoms with E-state index in [1.165, 1.54) is 11.6 Å². The molecule has 0 spiro atoms. The number of rotatable bonds is 6. The van der Waals surface area contributed by atoms with E-state index in [1.54, 1.807) is 36.0 Å². The van der Waals surface area contributed by atoms with Crippen LogP contribution in [0.2, 0.25) is 0 Å². The average Bonchev–Trinajstić information content (AvgIpc) is 3.08. The molecule has 7 heteroatoms. The number of aromatic nitrogens is 2. The average molecular weight is 364 g/mol. The second-order valence-corrected chi connectivity index (χ2v) is 6.23. The first-order valence-electron chi connectivity index (χ1n) is 8.64. The lowest BCUT2D eigenvalue weighted by molar-refractivity contribution is -0.385. The van der Waals surface area contributed by atoms with Crippen LogP contribution in [0.3, 0.4) is 0 Å². The third kappa shape index (κ3) is 4.03. The van der Waals surface area contributed by atoms with Crippen LogP contribution >= 0.6 is 0 Å². The molecule has 0 aliphatic heterocycles. The van der Waals surface area contributed by atoms with Crippen LogP contribution in [0.4, 0.5) is 11.5 Å². The first-order valence-corrected chi connectivity index (χ1v) is 8.64. The Kier molecular flexibility index (Phi) is 5.30. The Balaban J connectivity index is 1.81. The van der Waals surface area contributed by atoms with Crippen LogP contribution in [0.5, 0.6) is 0 Å².